The molecule has 1 fully saturated rings. The van der Waals surface area contributed by atoms with Crippen LogP contribution in [0.1, 0.15) is 38.3 Å². The first kappa shape index (κ1) is 24.3. The summed E-state index contributed by atoms with van der Waals surface area (Å²) in [6.07, 6.45) is -2.44. The van der Waals surface area contributed by atoms with Gasteiger partial charge in [-0.2, -0.15) is 13.2 Å². The van der Waals surface area contributed by atoms with Crippen molar-refractivity contribution in [3.05, 3.63) is 89.1 Å². The number of amides is 2. The molecule has 0 spiro atoms. The number of anilines is 2. The van der Waals surface area contributed by atoms with Crippen molar-refractivity contribution in [2.75, 3.05) is 36.4 Å². The SMILES string of the molecule is Cc1ccc(C(=O)N2CCCN(c3ccc(NC(=O)c4ccccc4C(F)(F)F)cn3)CC2)cc1. The lowest BCUT2D eigenvalue weighted by Crippen LogP contribution is -2.35. The van der Waals surface area contributed by atoms with Gasteiger partial charge in [0.25, 0.3) is 11.8 Å². The average Bonchev–Trinajstić information content (AvgIpc) is 3.10. The second-order valence-corrected chi connectivity index (χ2v) is 8.40. The summed E-state index contributed by atoms with van der Waals surface area (Å²) in [5.74, 6) is -0.187. The lowest BCUT2D eigenvalue weighted by Gasteiger charge is -2.23. The Hall–Kier alpha value is -3.88. The number of pyridine rings is 1. The average molecular weight is 483 g/mol. The van der Waals surface area contributed by atoms with Crippen LogP contribution in [0.15, 0.2) is 66.9 Å². The van der Waals surface area contributed by atoms with Gasteiger partial charge in [-0.25, -0.2) is 4.98 Å². The zero-order chi connectivity index (χ0) is 25.0. The number of halogens is 3. The molecule has 1 saturated heterocycles. The van der Waals surface area contributed by atoms with E-state index in [1.165, 1.54) is 18.3 Å². The number of nitrogens with one attached hydrogen (secondary N) is 1. The molecule has 2 heterocycles. The molecule has 0 atom stereocenters. The maximum Gasteiger partial charge on any atom is 0.417 e. The Morgan fingerprint density at radius 3 is 2.34 bits per heavy atom. The molecule has 3 aromatic rings. The van der Waals surface area contributed by atoms with Crippen molar-refractivity contribution in [1.29, 1.82) is 0 Å². The van der Waals surface area contributed by atoms with Crippen molar-refractivity contribution >= 4 is 23.3 Å². The molecule has 1 aromatic heterocycles. The van der Waals surface area contributed by atoms with Crippen LogP contribution < -0.4 is 10.2 Å². The first-order valence-corrected chi connectivity index (χ1v) is 11.3. The summed E-state index contributed by atoms with van der Waals surface area (Å²) in [6.45, 7) is 4.45. The number of aryl methyl sites for hydroxylation is 1. The van der Waals surface area contributed by atoms with Gasteiger partial charge in [-0.15, -0.1) is 0 Å². The zero-order valence-corrected chi connectivity index (χ0v) is 19.2. The minimum absolute atomic E-state index is 0.00277. The molecule has 2 amide bonds. The molecule has 0 unspecified atom stereocenters. The third-order valence-corrected chi connectivity index (χ3v) is 5.89. The maximum absolute atomic E-state index is 13.2. The molecule has 35 heavy (non-hydrogen) atoms. The Kier molecular flexibility index (Phi) is 7.04. The van der Waals surface area contributed by atoms with Crippen molar-refractivity contribution in [3.8, 4) is 0 Å². The zero-order valence-electron chi connectivity index (χ0n) is 19.2. The van der Waals surface area contributed by atoms with Crippen LogP contribution in [-0.4, -0.2) is 47.9 Å². The fourth-order valence-electron chi connectivity index (χ4n) is 4.00. The Bertz CT molecular complexity index is 1190. The minimum atomic E-state index is -4.63. The number of aromatic nitrogens is 1. The van der Waals surface area contributed by atoms with Crippen LogP contribution >= 0.6 is 0 Å². The second kappa shape index (κ2) is 10.2. The molecule has 0 aliphatic carbocycles. The summed E-state index contributed by atoms with van der Waals surface area (Å²) in [5.41, 5.74) is 0.612. The molecule has 6 nitrogen and oxygen atoms in total. The molecular formula is C26H25F3N4O2. The van der Waals surface area contributed by atoms with Gasteiger partial charge in [0.2, 0.25) is 0 Å². The van der Waals surface area contributed by atoms with Gasteiger partial charge >= 0.3 is 6.18 Å². The highest BCUT2D eigenvalue weighted by atomic mass is 19.4. The Labute approximate surface area is 201 Å². The van der Waals surface area contributed by atoms with E-state index in [2.05, 4.69) is 10.3 Å². The van der Waals surface area contributed by atoms with Crippen LogP contribution in [0.25, 0.3) is 0 Å². The summed E-state index contributed by atoms with van der Waals surface area (Å²) in [4.78, 5) is 33.6. The summed E-state index contributed by atoms with van der Waals surface area (Å²) in [7, 11) is 0. The fraction of sp³-hybridized carbons (Fsp3) is 0.269. The normalized spacial score (nSPS) is 14.4. The van der Waals surface area contributed by atoms with E-state index >= 15 is 0 Å². The first-order valence-electron chi connectivity index (χ1n) is 11.3. The highest BCUT2D eigenvalue weighted by molar-refractivity contribution is 6.05. The molecular weight excluding hydrogens is 457 g/mol. The largest absolute Gasteiger partial charge is 0.417 e. The van der Waals surface area contributed by atoms with Crippen LogP contribution in [0, 0.1) is 6.92 Å². The van der Waals surface area contributed by atoms with Gasteiger partial charge in [0.1, 0.15) is 5.82 Å². The van der Waals surface area contributed by atoms with Gasteiger partial charge in [0.15, 0.2) is 0 Å². The predicted molar refractivity (Wildman–Crippen MR) is 128 cm³/mol. The molecule has 9 heteroatoms. The monoisotopic (exact) mass is 482 g/mol. The van der Waals surface area contributed by atoms with E-state index < -0.39 is 23.2 Å². The van der Waals surface area contributed by atoms with Crippen molar-refractivity contribution in [2.24, 2.45) is 0 Å². The van der Waals surface area contributed by atoms with E-state index in [1.54, 1.807) is 12.1 Å². The van der Waals surface area contributed by atoms with E-state index in [4.69, 9.17) is 0 Å². The van der Waals surface area contributed by atoms with E-state index in [9.17, 15) is 22.8 Å². The molecule has 2 aromatic carbocycles. The van der Waals surface area contributed by atoms with Gasteiger partial charge < -0.3 is 15.1 Å². The fourth-order valence-corrected chi connectivity index (χ4v) is 4.00. The highest BCUT2D eigenvalue weighted by Crippen LogP contribution is 2.32. The number of rotatable bonds is 4. The third-order valence-electron chi connectivity index (χ3n) is 5.89. The number of nitrogens with zero attached hydrogens (tertiary/aromatic N) is 3. The van der Waals surface area contributed by atoms with Gasteiger partial charge in [-0.1, -0.05) is 29.8 Å². The van der Waals surface area contributed by atoms with Gasteiger partial charge in [-0.05, 0) is 49.7 Å². The second-order valence-electron chi connectivity index (χ2n) is 8.40. The van der Waals surface area contributed by atoms with Crippen molar-refractivity contribution in [3.63, 3.8) is 0 Å². The van der Waals surface area contributed by atoms with Gasteiger partial charge in [0, 0.05) is 31.7 Å². The van der Waals surface area contributed by atoms with Crippen LogP contribution in [0.4, 0.5) is 24.7 Å². The van der Waals surface area contributed by atoms with Crippen LogP contribution in [0.5, 0.6) is 0 Å². The summed E-state index contributed by atoms with van der Waals surface area (Å²) < 4.78 is 39.6. The first-order chi connectivity index (χ1) is 16.7. The quantitative estimate of drug-likeness (QED) is 0.568. The molecule has 1 aliphatic heterocycles. The van der Waals surface area contributed by atoms with Crippen LogP contribution in [0.2, 0.25) is 0 Å². The number of alkyl halides is 3. The van der Waals surface area contributed by atoms with Gasteiger partial charge in [-0.3, -0.25) is 9.59 Å². The molecule has 0 saturated carbocycles. The summed E-state index contributed by atoms with van der Waals surface area (Å²) in [5, 5.41) is 2.48. The summed E-state index contributed by atoms with van der Waals surface area (Å²) in [6, 6.07) is 15.5. The molecule has 1 aliphatic rings. The highest BCUT2D eigenvalue weighted by Gasteiger charge is 2.34. The Morgan fingerprint density at radius 1 is 0.914 bits per heavy atom. The Balaban J connectivity index is 1.39. The third kappa shape index (κ3) is 5.79. The van der Waals surface area contributed by atoms with Crippen molar-refractivity contribution < 1.29 is 22.8 Å². The minimum Gasteiger partial charge on any atom is -0.355 e. The standard InChI is InChI=1S/C26H25F3N4O2/c1-18-7-9-19(10-8-18)25(35)33-14-4-13-32(15-16-33)23-12-11-20(17-30-23)31-24(34)21-5-2-3-6-22(21)26(27,28)29/h2-3,5-12,17H,4,13-16H2,1H3,(H,31,34). The number of hydrogen-bond acceptors (Lipinski definition) is 4. The van der Waals surface area contributed by atoms with E-state index in [0.717, 1.165) is 24.1 Å². The number of benzene rings is 2. The van der Waals surface area contributed by atoms with E-state index in [-0.39, 0.29) is 5.91 Å². The number of hydrogen-bond donors (Lipinski definition) is 1. The van der Waals surface area contributed by atoms with Crippen LogP contribution in [0.3, 0.4) is 0 Å². The predicted octanol–water partition coefficient (Wildman–Crippen LogP) is 5.01. The van der Waals surface area contributed by atoms with Gasteiger partial charge in [0.05, 0.1) is 23.0 Å². The van der Waals surface area contributed by atoms with Crippen LogP contribution in [-0.2, 0) is 6.18 Å². The topological polar surface area (TPSA) is 65.5 Å². The smallest absolute Gasteiger partial charge is 0.355 e. The molecule has 0 bridgehead atoms. The molecule has 4 rings (SSSR count). The lowest BCUT2D eigenvalue weighted by molar-refractivity contribution is -0.137. The number of carbonyl (C=O) groups is 2. The number of carbonyl (C=O) groups excluding carboxylic acids is 2. The molecule has 182 valence electrons. The van der Waals surface area contributed by atoms with Crippen molar-refractivity contribution in [2.45, 2.75) is 19.5 Å². The Morgan fingerprint density at radius 2 is 1.66 bits per heavy atom. The van der Waals surface area contributed by atoms with Crippen molar-refractivity contribution in [1.82, 2.24) is 9.88 Å². The lowest BCUT2D eigenvalue weighted by atomic mass is 10.1. The van der Waals surface area contributed by atoms with E-state index in [0.29, 0.717) is 43.2 Å². The maximum atomic E-state index is 13.2. The van der Waals surface area contributed by atoms with E-state index in [1.807, 2.05) is 41.0 Å². The molecule has 0 radical (unpaired) electrons. The summed E-state index contributed by atoms with van der Waals surface area (Å²) >= 11 is 0. The molecule has 1 N–H and O–H groups in total.